The first-order chi connectivity index (χ1) is 9.04. The van der Waals surface area contributed by atoms with Gasteiger partial charge in [-0.1, -0.05) is 6.92 Å². The molecule has 0 amide bonds. The molecule has 0 aromatic rings. The Morgan fingerprint density at radius 2 is 1.37 bits per heavy atom. The standard InChI is InChI=1S/C11H22N6S2/c1-5-9(15-17-11(19)13-7-3)8(4)14-16-10(18)12-6-2/h5-7H2,1-4H3,(H2,12,16,18)(H2,13,17,19)/b14-8+,15-9+. The number of rotatable bonds is 6. The Kier molecular flexibility index (Phi) is 9.91. The summed E-state index contributed by atoms with van der Waals surface area (Å²) < 4.78 is 0. The Morgan fingerprint density at radius 3 is 1.79 bits per heavy atom. The lowest BCUT2D eigenvalue weighted by Gasteiger charge is -2.08. The predicted octanol–water partition coefficient (Wildman–Crippen LogP) is 1.10. The van der Waals surface area contributed by atoms with E-state index < -0.39 is 0 Å². The maximum Gasteiger partial charge on any atom is 0.186 e. The van der Waals surface area contributed by atoms with Gasteiger partial charge in [-0.15, -0.1) is 0 Å². The largest absolute Gasteiger partial charge is 0.362 e. The van der Waals surface area contributed by atoms with Gasteiger partial charge < -0.3 is 10.6 Å². The molecule has 0 saturated carbocycles. The summed E-state index contributed by atoms with van der Waals surface area (Å²) in [5.74, 6) is 0. The van der Waals surface area contributed by atoms with E-state index in [2.05, 4.69) is 31.7 Å². The van der Waals surface area contributed by atoms with Crippen LogP contribution in [0.3, 0.4) is 0 Å². The van der Waals surface area contributed by atoms with E-state index in [0.29, 0.717) is 10.2 Å². The third kappa shape index (κ3) is 8.44. The van der Waals surface area contributed by atoms with Crippen molar-refractivity contribution in [3.05, 3.63) is 0 Å². The third-order valence-electron chi connectivity index (χ3n) is 2.04. The van der Waals surface area contributed by atoms with Gasteiger partial charge in [-0.05, 0) is 51.6 Å². The highest BCUT2D eigenvalue weighted by molar-refractivity contribution is 7.80. The normalized spacial score (nSPS) is 11.8. The van der Waals surface area contributed by atoms with Crippen LogP contribution >= 0.6 is 24.4 Å². The summed E-state index contributed by atoms with van der Waals surface area (Å²) in [6, 6.07) is 0. The van der Waals surface area contributed by atoms with E-state index in [4.69, 9.17) is 24.4 Å². The maximum absolute atomic E-state index is 5.03. The second-order valence-corrected chi connectivity index (χ2v) is 4.37. The summed E-state index contributed by atoms with van der Waals surface area (Å²) in [5, 5.41) is 15.3. The highest BCUT2D eigenvalue weighted by Gasteiger charge is 2.02. The number of nitrogens with one attached hydrogen (secondary N) is 4. The molecule has 6 nitrogen and oxygen atoms in total. The lowest BCUT2D eigenvalue weighted by molar-refractivity contribution is 0.894. The van der Waals surface area contributed by atoms with Crippen LogP contribution in [0.15, 0.2) is 10.2 Å². The summed E-state index contributed by atoms with van der Waals surface area (Å²) in [6.07, 6.45) is 0.743. The summed E-state index contributed by atoms with van der Waals surface area (Å²) in [5.41, 5.74) is 7.11. The smallest absolute Gasteiger partial charge is 0.186 e. The molecule has 0 aliphatic rings. The van der Waals surface area contributed by atoms with Crippen LogP contribution in [0.2, 0.25) is 0 Å². The Morgan fingerprint density at radius 1 is 0.895 bits per heavy atom. The summed E-state index contributed by atoms with van der Waals surface area (Å²) in [4.78, 5) is 0. The molecule has 108 valence electrons. The molecule has 19 heavy (non-hydrogen) atoms. The quantitative estimate of drug-likeness (QED) is 0.334. The molecule has 4 N–H and O–H groups in total. The second-order valence-electron chi connectivity index (χ2n) is 3.55. The summed E-state index contributed by atoms with van der Waals surface area (Å²) in [6.45, 7) is 9.31. The van der Waals surface area contributed by atoms with Gasteiger partial charge in [-0.3, -0.25) is 10.9 Å². The van der Waals surface area contributed by atoms with Crippen LogP contribution in [-0.2, 0) is 0 Å². The van der Waals surface area contributed by atoms with Gasteiger partial charge in [-0.2, -0.15) is 10.2 Å². The van der Waals surface area contributed by atoms with Crippen LogP contribution in [0.1, 0.15) is 34.1 Å². The molecule has 0 aliphatic carbocycles. The molecule has 0 aliphatic heterocycles. The Hall–Kier alpha value is -1.28. The van der Waals surface area contributed by atoms with Crippen molar-refractivity contribution < 1.29 is 0 Å². The van der Waals surface area contributed by atoms with E-state index in [-0.39, 0.29) is 0 Å². The minimum absolute atomic E-state index is 0.494. The van der Waals surface area contributed by atoms with Crippen LogP contribution in [-0.4, -0.2) is 34.7 Å². The lowest BCUT2D eigenvalue weighted by atomic mass is 10.2. The Labute approximate surface area is 125 Å². The Balaban J connectivity index is 4.49. The van der Waals surface area contributed by atoms with E-state index in [1.54, 1.807) is 0 Å². The topological polar surface area (TPSA) is 72.8 Å². The van der Waals surface area contributed by atoms with Crippen molar-refractivity contribution >= 4 is 46.1 Å². The van der Waals surface area contributed by atoms with Gasteiger partial charge in [0.2, 0.25) is 0 Å². The van der Waals surface area contributed by atoms with Crippen LogP contribution in [0, 0.1) is 0 Å². The minimum atomic E-state index is 0.494. The van der Waals surface area contributed by atoms with Crippen molar-refractivity contribution in [3.8, 4) is 0 Å². The molecule has 0 radical (unpaired) electrons. The molecule has 0 heterocycles. The average molecular weight is 302 g/mol. The second kappa shape index (κ2) is 10.6. The van der Waals surface area contributed by atoms with Crippen molar-refractivity contribution in [2.45, 2.75) is 34.1 Å². The zero-order chi connectivity index (χ0) is 14.7. The van der Waals surface area contributed by atoms with E-state index in [1.807, 2.05) is 27.7 Å². The molecule has 0 atom stereocenters. The predicted molar refractivity (Wildman–Crippen MR) is 89.7 cm³/mol. The first kappa shape index (κ1) is 17.7. The number of hydrogen-bond acceptors (Lipinski definition) is 4. The van der Waals surface area contributed by atoms with Crippen molar-refractivity contribution in [2.75, 3.05) is 13.1 Å². The van der Waals surface area contributed by atoms with Gasteiger partial charge in [0.1, 0.15) is 0 Å². The fourth-order valence-electron chi connectivity index (χ4n) is 1.13. The number of nitrogens with zero attached hydrogens (tertiary/aromatic N) is 2. The number of hydrogen-bond donors (Lipinski definition) is 4. The van der Waals surface area contributed by atoms with E-state index in [1.165, 1.54) is 0 Å². The highest BCUT2D eigenvalue weighted by Crippen LogP contribution is 1.89. The number of hydrazone groups is 2. The molecule has 0 rings (SSSR count). The highest BCUT2D eigenvalue weighted by atomic mass is 32.1. The monoisotopic (exact) mass is 302 g/mol. The maximum atomic E-state index is 5.03. The van der Waals surface area contributed by atoms with Crippen molar-refractivity contribution in [1.29, 1.82) is 0 Å². The van der Waals surface area contributed by atoms with Gasteiger partial charge >= 0.3 is 0 Å². The molecule has 0 spiro atoms. The minimum Gasteiger partial charge on any atom is -0.362 e. The van der Waals surface area contributed by atoms with Crippen molar-refractivity contribution in [3.63, 3.8) is 0 Å². The SMILES string of the molecule is CCNC(=S)N/N=C(C)/C(CC)=N/NC(=S)NCC. The van der Waals surface area contributed by atoms with Gasteiger partial charge in [0.15, 0.2) is 10.2 Å². The molecule has 0 bridgehead atoms. The molecule has 0 unspecified atom stereocenters. The lowest BCUT2D eigenvalue weighted by Crippen LogP contribution is -2.34. The number of thiocarbonyl (C=S) groups is 2. The molecule has 0 aromatic heterocycles. The van der Waals surface area contributed by atoms with Crippen molar-refractivity contribution in [1.82, 2.24) is 21.5 Å². The van der Waals surface area contributed by atoms with Crippen LogP contribution < -0.4 is 21.5 Å². The molecule has 0 fully saturated rings. The third-order valence-corrected chi connectivity index (χ3v) is 2.52. The van der Waals surface area contributed by atoms with Crippen molar-refractivity contribution in [2.24, 2.45) is 10.2 Å². The van der Waals surface area contributed by atoms with Gasteiger partial charge in [-0.25, -0.2) is 0 Å². The van der Waals surface area contributed by atoms with Crippen LogP contribution in [0.25, 0.3) is 0 Å². The molecule has 0 aromatic carbocycles. The zero-order valence-electron chi connectivity index (χ0n) is 11.8. The van der Waals surface area contributed by atoms with E-state index in [9.17, 15) is 0 Å². The first-order valence-electron chi connectivity index (χ1n) is 6.23. The molecular formula is C11H22N6S2. The van der Waals surface area contributed by atoms with E-state index >= 15 is 0 Å². The van der Waals surface area contributed by atoms with Crippen LogP contribution in [0.4, 0.5) is 0 Å². The fraction of sp³-hybridized carbons (Fsp3) is 0.636. The Bertz CT molecular complexity index is 364. The van der Waals surface area contributed by atoms with Gasteiger partial charge in [0.25, 0.3) is 0 Å². The molecule has 8 heteroatoms. The first-order valence-corrected chi connectivity index (χ1v) is 7.05. The molecular weight excluding hydrogens is 280 g/mol. The van der Waals surface area contributed by atoms with Crippen LogP contribution in [0.5, 0.6) is 0 Å². The van der Waals surface area contributed by atoms with E-state index in [0.717, 1.165) is 30.9 Å². The van der Waals surface area contributed by atoms with Gasteiger partial charge in [0.05, 0.1) is 11.4 Å². The summed E-state index contributed by atoms with van der Waals surface area (Å²) in [7, 11) is 0. The zero-order valence-corrected chi connectivity index (χ0v) is 13.5. The average Bonchev–Trinajstić information content (AvgIpc) is 2.37. The van der Waals surface area contributed by atoms with Gasteiger partial charge in [0, 0.05) is 13.1 Å². The summed E-state index contributed by atoms with van der Waals surface area (Å²) >= 11 is 10.1. The molecule has 0 saturated heterocycles. The fourth-order valence-corrected chi connectivity index (χ4v) is 1.51.